The number of hydrogen-bond donors (Lipinski definition) is 1. The fourth-order valence-electron chi connectivity index (χ4n) is 2.90. The first-order valence-corrected chi connectivity index (χ1v) is 8.36. The molecule has 23 heavy (non-hydrogen) atoms. The van der Waals surface area contributed by atoms with Crippen molar-refractivity contribution in [2.24, 2.45) is 5.92 Å². The van der Waals surface area contributed by atoms with Crippen molar-refractivity contribution in [1.82, 2.24) is 20.1 Å². The third kappa shape index (κ3) is 4.68. The van der Waals surface area contributed by atoms with Crippen LogP contribution in [0.25, 0.3) is 0 Å². The van der Waals surface area contributed by atoms with Gasteiger partial charge in [0.05, 0.1) is 5.92 Å². The maximum atomic E-state index is 12.4. The molecular weight excluding hydrogens is 292 g/mol. The zero-order chi connectivity index (χ0) is 16.7. The zero-order valence-corrected chi connectivity index (χ0v) is 14.0. The van der Waals surface area contributed by atoms with Gasteiger partial charge in [-0.25, -0.2) is 4.79 Å². The number of likely N-dealkylation sites (tertiary alicyclic amines) is 1. The molecule has 1 saturated heterocycles. The van der Waals surface area contributed by atoms with Crippen LogP contribution in [0.2, 0.25) is 0 Å². The number of aromatic nitrogens is 1. The number of amides is 3. The third-order valence-electron chi connectivity index (χ3n) is 4.29. The molecular formula is C17H26N4O2. The van der Waals surface area contributed by atoms with Gasteiger partial charge in [0.1, 0.15) is 0 Å². The Morgan fingerprint density at radius 2 is 2.17 bits per heavy atom. The van der Waals surface area contributed by atoms with E-state index in [1.807, 2.05) is 30.9 Å². The van der Waals surface area contributed by atoms with E-state index in [1.165, 1.54) is 0 Å². The average Bonchev–Trinajstić information content (AvgIpc) is 2.61. The minimum absolute atomic E-state index is 0.0194. The molecule has 1 aromatic heterocycles. The lowest BCUT2D eigenvalue weighted by Gasteiger charge is -2.35. The van der Waals surface area contributed by atoms with Crippen molar-refractivity contribution >= 4 is 11.9 Å². The lowest BCUT2D eigenvalue weighted by molar-refractivity contribution is -0.126. The molecule has 1 atom stereocenters. The van der Waals surface area contributed by atoms with Gasteiger partial charge in [-0.1, -0.05) is 6.07 Å². The highest BCUT2D eigenvalue weighted by atomic mass is 16.2. The second kappa shape index (κ2) is 8.50. The van der Waals surface area contributed by atoms with Crippen molar-refractivity contribution in [3.05, 3.63) is 30.1 Å². The van der Waals surface area contributed by atoms with Crippen LogP contribution in [0.1, 0.15) is 32.3 Å². The first kappa shape index (κ1) is 17.2. The summed E-state index contributed by atoms with van der Waals surface area (Å²) in [4.78, 5) is 32.4. The average molecular weight is 318 g/mol. The first-order chi connectivity index (χ1) is 11.2. The van der Waals surface area contributed by atoms with E-state index in [9.17, 15) is 9.59 Å². The van der Waals surface area contributed by atoms with Crippen LogP contribution in [0.4, 0.5) is 4.79 Å². The van der Waals surface area contributed by atoms with Crippen LogP contribution in [0.3, 0.4) is 0 Å². The molecule has 3 amide bonds. The van der Waals surface area contributed by atoms with Crippen molar-refractivity contribution in [3.63, 3.8) is 0 Å². The highest BCUT2D eigenvalue weighted by Crippen LogP contribution is 2.18. The Bertz CT molecular complexity index is 517. The van der Waals surface area contributed by atoms with E-state index >= 15 is 0 Å². The van der Waals surface area contributed by atoms with Crippen LogP contribution in [0.5, 0.6) is 0 Å². The Morgan fingerprint density at radius 1 is 1.39 bits per heavy atom. The van der Waals surface area contributed by atoms with E-state index in [-0.39, 0.29) is 17.9 Å². The molecule has 0 saturated carbocycles. The molecule has 1 aliphatic heterocycles. The number of nitrogens with one attached hydrogen (secondary N) is 1. The van der Waals surface area contributed by atoms with Gasteiger partial charge in [-0.05, 0) is 38.3 Å². The SMILES string of the molecule is CCN(CC)C(=O)N1CCC[C@@H](C(=O)NCc2cccnc2)C1. The van der Waals surface area contributed by atoms with E-state index in [0.29, 0.717) is 26.2 Å². The van der Waals surface area contributed by atoms with Crippen LogP contribution in [-0.4, -0.2) is 52.9 Å². The summed E-state index contributed by atoms with van der Waals surface area (Å²) in [5.41, 5.74) is 0.979. The fourth-order valence-corrected chi connectivity index (χ4v) is 2.90. The molecule has 1 aromatic rings. The standard InChI is InChI=1S/C17H26N4O2/c1-3-20(4-2)17(23)21-10-6-8-15(13-21)16(22)19-12-14-7-5-9-18-11-14/h5,7,9,11,15H,3-4,6,8,10,12-13H2,1-2H3,(H,19,22)/t15-/m1/s1. The second-order valence-electron chi connectivity index (χ2n) is 5.82. The largest absolute Gasteiger partial charge is 0.352 e. The number of urea groups is 1. The molecule has 0 radical (unpaired) electrons. The minimum atomic E-state index is -0.125. The minimum Gasteiger partial charge on any atom is -0.352 e. The van der Waals surface area contributed by atoms with E-state index in [1.54, 1.807) is 17.3 Å². The topological polar surface area (TPSA) is 65.5 Å². The summed E-state index contributed by atoms with van der Waals surface area (Å²) in [7, 11) is 0. The number of piperidine rings is 1. The van der Waals surface area contributed by atoms with Crippen LogP contribution in [-0.2, 0) is 11.3 Å². The molecule has 0 bridgehead atoms. The highest BCUT2D eigenvalue weighted by Gasteiger charge is 2.29. The molecule has 1 N–H and O–H groups in total. The lowest BCUT2D eigenvalue weighted by atomic mass is 9.97. The van der Waals surface area contributed by atoms with Crippen molar-refractivity contribution < 1.29 is 9.59 Å². The maximum absolute atomic E-state index is 12.4. The summed E-state index contributed by atoms with van der Waals surface area (Å²) < 4.78 is 0. The molecule has 0 aliphatic carbocycles. The molecule has 0 unspecified atom stereocenters. The number of nitrogens with zero attached hydrogens (tertiary/aromatic N) is 3. The zero-order valence-electron chi connectivity index (χ0n) is 14.0. The molecule has 126 valence electrons. The van der Waals surface area contributed by atoms with Crippen molar-refractivity contribution in [2.75, 3.05) is 26.2 Å². The van der Waals surface area contributed by atoms with E-state index in [2.05, 4.69) is 10.3 Å². The van der Waals surface area contributed by atoms with Crippen LogP contribution >= 0.6 is 0 Å². The Balaban J connectivity index is 1.87. The predicted molar refractivity (Wildman–Crippen MR) is 88.7 cm³/mol. The van der Waals surface area contributed by atoms with Gasteiger partial charge >= 0.3 is 6.03 Å². The van der Waals surface area contributed by atoms with Crippen molar-refractivity contribution in [3.8, 4) is 0 Å². The quantitative estimate of drug-likeness (QED) is 0.901. The Hall–Kier alpha value is -2.11. The second-order valence-corrected chi connectivity index (χ2v) is 5.82. The summed E-state index contributed by atoms with van der Waals surface area (Å²) in [6.07, 6.45) is 5.17. The smallest absolute Gasteiger partial charge is 0.320 e. The summed E-state index contributed by atoms with van der Waals surface area (Å²) in [5, 5.41) is 2.95. The van der Waals surface area contributed by atoms with Crippen LogP contribution in [0, 0.1) is 5.92 Å². The van der Waals surface area contributed by atoms with Crippen LogP contribution in [0.15, 0.2) is 24.5 Å². The molecule has 2 rings (SSSR count). The maximum Gasteiger partial charge on any atom is 0.320 e. The lowest BCUT2D eigenvalue weighted by Crippen LogP contribution is -2.50. The molecule has 0 aromatic carbocycles. The Labute approximate surface area is 137 Å². The summed E-state index contributed by atoms with van der Waals surface area (Å²) in [6, 6.07) is 3.83. The van der Waals surface area contributed by atoms with E-state index < -0.39 is 0 Å². The normalized spacial score (nSPS) is 17.7. The summed E-state index contributed by atoms with van der Waals surface area (Å²) in [5.74, 6) is -0.106. The van der Waals surface area contributed by atoms with Crippen LogP contribution < -0.4 is 5.32 Å². The Kier molecular flexibility index (Phi) is 6.38. The van der Waals surface area contributed by atoms with Gasteiger partial charge in [0.15, 0.2) is 0 Å². The monoisotopic (exact) mass is 318 g/mol. The van der Waals surface area contributed by atoms with Gasteiger partial charge in [-0.3, -0.25) is 9.78 Å². The van der Waals surface area contributed by atoms with Gasteiger partial charge in [-0.2, -0.15) is 0 Å². The number of carbonyl (C=O) groups excluding carboxylic acids is 2. The van der Waals surface area contributed by atoms with Gasteiger partial charge in [0.25, 0.3) is 0 Å². The number of hydrogen-bond acceptors (Lipinski definition) is 3. The van der Waals surface area contributed by atoms with Gasteiger partial charge in [-0.15, -0.1) is 0 Å². The van der Waals surface area contributed by atoms with E-state index in [0.717, 1.165) is 24.9 Å². The fraction of sp³-hybridized carbons (Fsp3) is 0.588. The predicted octanol–water partition coefficient (Wildman–Crippen LogP) is 1.87. The third-order valence-corrected chi connectivity index (χ3v) is 4.29. The van der Waals surface area contributed by atoms with Gasteiger partial charge in [0, 0.05) is 45.1 Å². The molecule has 0 spiro atoms. The van der Waals surface area contributed by atoms with Crippen molar-refractivity contribution in [1.29, 1.82) is 0 Å². The number of rotatable bonds is 5. The molecule has 6 heteroatoms. The van der Waals surface area contributed by atoms with Crippen molar-refractivity contribution in [2.45, 2.75) is 33.2 Å². The summed E-state index contributed by atoms with van der Waals surface area (Å²) >= 11 is 0. The Morgan fingerprint density at radius 3 is 2.83 bits per heavy atom. The number of carbonyl (C=O) groups is 2. The molecule has 6 nitrogen and oxygen atoms in total. The highest BCUT2D eigenvalue weighted by molar-refractivity contribution is 5.80. The van der Waals surface area contributed by atoms with Gasteiger partial charge < -0.3 is 15.1 Å². The molecule has 2 heterocycles. The number of pyridine rings is 1. The van der Waals surface area contributed by atoms with E-state index in [4.69, 9.17) is 0 Å². The van der Waals surface area contributed by atoms with Gasteiger partial charge in [0.2, 0.25) is 5.91 Å². The molecule has 1 aliphatic rings. The first-order valence-electron chi connectivity index (χ1n) is 8.36. The summed E-state index contributed by atoms with van der Waals surface area (Å²) in [6.45, 7) is 7.07. The molecule has 1 fully saturated rings.